The molecule has 3 nitrogen and oxygen atoms in total. The number of nitrogens with one attached hydrogen (secondary N) is 1. The van der Waals surface area contributed by atoms with Crippen molar-refractivity contribution in [3.8, 4) is 0 Å². The summed E-state index contributed by atoms with van der Waals surface area (Å²) < 4.78 is 6.18. The quantitative estimate of drug-likeness (QED) is 0.843. The molecule has 0 aromatic heterocycles. The van der Waals surface area contributed by atoms with Crippen molar-refractivity contribution in [2.24, 2.45) is 0 Å². The molecule has 3 fully saturated rings. The molecule has 0 aromatic carbocycles. The fourth-order valence-corrected chi connectivity index (χ4v) is 4.85. The van der Waals surface area contributed by atoms with Gasteiger partial charge in [-0.3, -0.25) is 4.90 Å². The maximum atomic E-state index is 6.18. The predicted octanol–water partition coefficient (Wildman–Crippen LogP) is 2.50. The number of nitrogens with zero attached hydrogens (tertiary/aromatic N) is 1. The third-order valence-electron chi connectivity index (χ3n) is 5.42. The van der Waals surface area contributed by atoms with Crippen molar-refractivity contribution in [2.45, 2.75) is 69.2 Å². The average Bonchev–Trinajstić information content (AvgIpc) is 3.29. The summed E-state index contributed by atoms with van der Waals surface area (Å²) in [6.07, 6.45) is 7.74. The summed E-state index contributed by atoms with van der Waals surface area (Å²) in [7, 11) is 2.29. The first kappa shape index (κ1) is 15.1. The molecule has 0 amide bonds. The molecule has 2 heterocycles. The number of hydrogen-bond donors (Lipinski definition) is 1. The van der Waals surface area contributed by atoms with E-state index in [4.69, 9.17) is 4.74 Å². The molecule has 0 aromatic rings. The van der Waals surface area contributed by atoms with E-state index in [9.17, 15) is 0 Å². The van der Waals surface area contributed by atoms with Crippen molar-refractivity contribution in [1.82, 2.24) is 10.2 Å². The van der Waals surface area contributed by atoms with Crippen LogP contribution in [0.4, 0.5) is 0 Å². The van der Waals surface area contributed by atoms with Crippen molar-refractivity contribution in [1.29, 1.82) is 0 Å². The van der Waals surface area contributed by atoms with E-state index in [0.29, 0.717) is 12.1 Å². The molecule has 0 bridgehead atoms. The van der Waals surface area contributed by atoms with Gasteiger partial charge >= 0.3 is 0 Å². The second-order valence-electron chi connectivity index (χ2n) is 6.99. The highest BCUT2D eigenvalue weighted by atomic mass is 32.2. The molecule has 1 spiro atoms. The highest BCUT2D eigenvalue weighted by Crippen LogP contribution is 2.37. The zero-order valence-corrected chi connectivity index (χ0v) is 13.9. The highest BCUT2D eigenvalue weighted by molar-refractivity contribution is 7.99. The number of likely N-dealkylation sites (N-methyl/N-ethyl adjacent to an activating group) is 1. The molecule has 2 saturated heterocycles. The molecule has 0 radical (unpaired) electrons. The lowest BCUT2D eigenvalue weighted by Gasteiger charge is -2.44. The van der Waals surface area contributed by atoms with Gasteiger partial charge in [-0.2, -0.15) is 11.8 Å². The molecule has 4 heteroatoms. The van der Waals surface area contributed by atoms with Gasteiger partial charge in [0.1, 0.15) is 0 Å². The summed E-state index contributed by atoms with van der Waals surface area (Å²) >= 11 is 2.09. The number of hydrogen-bond acceptors (Lipinski definition) is 4. The van der Waals surface area contributed by atoms with Crippen LogP contribution < -0.4 is 5.32 Å². The zero-order valence-electron chi connectivity index (χ0n) is 13.1. The largest absolute Gasteiger partial charge is 0.375 e. The summed E-state index contributed by atoms with van der Waals surface area (Å²) in [6, 6.07) is 2.19. The maximum Gasteiger partial charge on any atom is 0.0713 e. The van der Waals surface area contributed by atoms with Gasteiger partial charge in [0.05, 0.1) is 5.60 Å². The van der Waals surface area contributed by atoms with Crippen molar-refractivity contribution in [3.05, 3.63) is 0 Å². The normalized spacial score (nSPS) is 31.6. The lowest BCUT2D eigenvalue weighted by Crippen LogP contribution is -2.51. The Morgan fingerprint density at radius 3 is 2.75 bits per heavy atom. The minimum absolute atomic E-state index is 0.215. The van der Waals surface area contributed by atoms with Crippen LogP contribution in [0.2, 0.25) is 0 Å². The van der Waals surface area contributed by atoms with Crippen LogP contribution >= 0.6 is 11.8 Å². The Balaban J connectivity index is 1.45. The molecule has 1 N–H and O–H groups in total. The fourth-order valence-electron chi connectivity index (χ4n) is 3.62. The van der Waals surface area contributed by atoms with Crippen molar-refractivity contribution >= 4 is 11.8 Å². The van der Waals surface area contributed by atoms with Gasteiger partial charge in [0, 0.05) is 31.3 Å². The molecule has 2 atom stereocenters. The molecule has 20 heavy (non-hydrogen) atoms. The van der Waals surface area contributed by atoms with Crippen LogP contribution in [0.5, 0.6) is 0 Å². The van der Waals surface area contributed by atoms with Crippen LogP contribution in [0.25, 0.3) is 0 Å². The van der Waals surface area contributed by atoms with Gasteiger partial charge < -0.3 is 10.1 Å². The molecule has 3 aliphatic rings. The van der Waals surface area contributed by atoms with Gasteiger partial charge in [0.2, 0.25) is 0 Å². The molecular formula is C16H30N2OS. The number of ether oxygens (including phenoxy) is 1. The van der Waals surface area contributed by atoms with E-state index in [1.165, 1.54) is 50.0 Å². The van der Waals surface area contributed by atoms with Gasteiger partial charge in [0.15, 0.2) is 0 Å². The Bertz CT molecular complexity index is 310. The number of thioether (sulfide) groups is 1. The van der Waals surface area contributed by atoms with Crippen molar-refractivity contribution < 1.29 is 4.74 Å². The second-order valence-corrected chi connectivity index (χ2v) is 8.21. The van der Waals surface area contributed by atoms with Gasteiger partial charge in [0.25, 0.3) is 0 Å². The first-order valence-corrected chi connectivity index (χ1v) is 9.51. The standard InChI is InChI=1S/C16H30N2OS/c1-13(18(2)15-3-4-15)12-17-14-5-8-19-16(11-14)6-9-20-10-7-16/h13-15,17H,3-12H2,1-2H3. The van der Waals surface area contributed by atoms with E-state index >= 15 is 0 Å². The molecule has 3 rings (SSSR count). The van der Waals surface area contributed by atoms with Crippen LogP contribution in [0.3, 0.4) is 0 Å². The molecule has 2 unspecified atom stereocenters. The minimum atomic E-state index is 0.215. The molecular weight excluding hydrogens is 268 g/mol. The van der Waals surface area contributed by atoms with E-state index in [0.717, 1.165) is 19.2 Å². The maximum absolute atomic E-state index is 6.18. The minimum Gasteiger partial charge on any atom is -0.375 e. The number of rotatable bonds is 5. The van der Waals surface area contributed by atoms with Crippen molar-refractivity contribution in [3.63, 3.8) is 0 Å². The first-order valence-electron chi connectivity index (χ1n) is 8.36. The van der Waals surface area contributed by atoms with E-state index in [1.807, 2.05) is 0 Å². The van der Waals surface area contributed by atoms with Crippen LogP contribution in [0.1, 0.15) is 45.4 Å². The smallest absolute Gasteiger partial charge is 0.0713 e. The van der Waals surface area contributed by atoms with E-state index in [1.54, 1.807) is 0 Å². The third kappa shape index (κ3) is 3.70. The summed E-state index contributed by atoms with van der Waals surface area (Å²) in [5, 5.41) is 3.83. The monoisotopic (exact) mass is 298 g/mol. The van der Waals surface area contributed by atoms with Crippen LogP contribution in [-0.2, 0) is 4.74 Å². The van der Waals surface area contributed by atoms with Crippen molar-refractivity contribution in [2.75, 3.05) is 31.7 Å². The molecule has 116 valence electrons. The Labute approximate surface area is 128 Å². The van der Waals surface area contributed by atoms with E-state index < -0.39 is 0 Å². The van der Waals surface area contributed by atoms with Crippen LogP contribution in [-0.4, -0.2) is 60.3 Å². The average molecular weight is 298 g/mol. The van der Waals surface area contributed by atoms with Crippen LogP contribution in [0, 0.1) is 0 Å². The second kappa shape index (κ2) is 6.55. The Morgan fingerprint density at radius 2 is 2.05 bits per heavy atom. The predicted molar refractivity (Wildman–Crippen MR) is 86.5 cm³/mol. The highest BCUT2D eigenvalue weighted by Gasteiger charge is 2.38. The lowest BCUT2D eigenvalue weighted by molar-refractivity contribution is -0.0934. The lowest BCUT2D eigenvalue weighted by atomic mass is 9.85. The Kier molecular flexibility index (Phi) is 4.96. The summed E-state index contributed by atoms with van der Waals surface area (Å²) in [5.41, 5.74) is 0.215. The Hall–Kier alpha value is 0.230. The van der Waals surface area contributed by atoms with E-state index in [-0.39, 0.29) is 5.60 Å². The SMILES string of the molecule is CC(CNC1CCOC2(CCSCC2)C1)N(C)C1CC1. The Morgan fingerprint density at radius 1 is 1.30 bits per heavy atom. The van der Waals surface area contributed by atoms with Crippen LogP contribution in [0.15, 0.2) is 0 Å². The van der Waals surface area contributed by atoms with Gasteiger partial charge in [-0.25, -0.2) is 0 Å². The fraction of sp³-hybridized carbons (Fsp3) is 1.00. The molecule has 1 aliphatic carbocycles. The zero-order chi connectivity index (χ0) is 14.0. The van der Waals surface area contributed by atoms with Gasteiger partial charge in [-0.1, -0.05) is 0 Å². The summed E-state index contributed by atoms with van der Waals surface area (Å²) in [6.45, 7) is 4.44. The van der Waals surface area contributed by atoms with Gasteiger partial charge in [-0.15, -0.1) is 0 Å². The van der Waals surface area contributed by atoms with Gasteiger partial charge in [-0.05, 0) is 64.0 Å². The summed E-state index contributed by atoms with van der Waals surface area (Å²) in [4.78, 5) is 2.55. The molecule has 1 saturated carbocycles. The van der Waals surface area contributed by atoms with E-state index in [2.05, 4.69) is 35.9 Å². The first-order chi connectivity index (χ1) is 9.69. The molecule has 2 aliphatic heterocycles. The summed E-state index contributed by atoms with van der Waals surface area (Å²) in [5.74, 6) is 2.57. The topological polar surface area (TPSA) is 24.5 Å². The third-order valence-corrected chi connectivity index (χ3v) is 6.40.